The van der Waals surface area contributed by atoms with Crippen LogP contribution in [0.25, 0.3) is 11.1 Å². The van der Waals surface area contributed by atoms with Gasteiger partial charge in [-0.1, -0.05) is 12.1 Å². The van der Waals surface area contributed by atoms with Crippen molar-refractivity contribution in [2.24, 2.45) is 5.92 Å². The highest BCUT2D eigenvalue weighted by molar-refractivity contribution is 6.02. The standard InChI is InChI=1S/C22H19F2NO2/c23-18-8-6-14(12-19(18)24)15-5-7-16-20(13-15)27-22(9-1-2-10-22)17(21(16)26)4-3-11-25/h5-8,12-13,17H,1-4,9-10H2. The van der Waals surface area contributed by atoms with E-state index in [9.17, 15) is 13.6 Å². The van der Waals surface area contributed by atoms with Crippen LogP contribution in [0.5, 0.6) is 5.75 Å². The molecule has 1 fully saturated rings. The fraction of sp³-hybridized carbons (Fsp3) is 0.364. The summed E-state index contributed by atoms with van der Waals surface area (Å²) in [6.07, 6.45) is 4.40. The molecule has 1 heterocycles. The highest BCUT2D eigenvalue weighted by atomic mass is 19.2. The van der Waals surface area contributed by atoms with E-state index in [1.54, 1.807) is 18.2 Å². The summed E-state index contributed by atoms with van der Waals surface area (Å²) in [6.45, 7) is 0. The van der Waals surface area contributed by atoms with Gasteiger partial charge in [0, 0.05) is 6.42 Å². The third-order valence-corrected chi connectivity index (χ3v) is 5.76. The Balaban J connectivity index is 1.74. The number of rotatable bonds is 3. The maximum absolute atomic E-state index is 13.6. The smallest absolute Gasteiger partial charge is 0.173 e. The second-order valence-corrected chi connectivity index (χ2v) is 7.33. The lowest BCUT2D eigenvalue weighted by Gasteiger charge is -2.41. The molecule has 1 aliphatic carbocycles. The molecule has 1 unspecified atom stereocenters. The Bertz CT molecular complexity index is 942. The lowest BCUT2D eigenvalue weighted by Crippen LogP contribution is -2.48. The van der Waals surface area contributed by atoms with Crippen LogP contribution in [0.4, 0.5) is 8.78 Å². The minimum atomic E-state index is -0.911. The molecule has 0 N–H and O–H groups in total. The maximum Gasteiger partial charge on any atom is 0.173 e. The first-order valence-electron chi connectivity index (χ1n) is 9.24. The number of nitriles is 1. The van der Waals surface area contributed by atoms with Crippen LogP contribution in [0.15, 0.2) is 36.4 Å². The van der Waals surface area contributed by atoms with Gasteiger partial charge in [-0.15, -0.1) is 0 Å². The predicted molar refractivity (Wildman–Crippen MR) is 96.3 cm³/mol. The van der Waals surface area contributed by atoms with Crippen LogP contribution in [0.2, 0.25) is 0 Å². The molecular formula is C22H19F2NO2. The molecule has 1 aliphatic heterocycles. The van der Waals surface area contributed by atoms with Gasteiger partial charge >= 0.3 is 0 Å². The van der Waals surface area contributed by atoms with Crippen molar-refractivity contribution < 1.29 is 18.3 Å². The topological polar surface area (TPSA) is 50.1 Å². The van der Waals surface area contributed by atoms with Gasteiger partial charge in [0.2, 0.25) is 0 Å². The number of ether oxygens (including phenoxy) is 1. The van der Waals surface area contributed by atoms with E-state index in [0.717, 1.165) is 37.8 Å². The number of hydrogen-bond acceptors (Lipinski definition) is 3. The number of carbonyl (C=O) groups is 1. The van der Waals surface area contributed by atoms with E-state index in [-0.39, 0.29) is 11.7 Å². The van der Waals surface area contributed by atoms with Crippen molar-refractivity contribution in [1.29, 1.82) is 5.26 Å². The van der Waals surface area contributed by atoms with Crippen LogP contribution >= 0.6 is 0 Å². The lowest BCUT2D eigenvalue weighted by atomic mass is 9.75. The van der Waals surface area contributed by atoms with Crippen molar-refractivity contribution in [2.45, 2.75) is 44.1 Å². The minimum Gasteiger partial charge on any atom is -0.486 e. The van der Waals surface area contributed by atoms with Crippen molar-refractivity contribution in [3.05, 3.63) is 53.6 Å². The normalized spacial score (nSPS) is 20.2. The van der Waals surface area contributed by atoms with Crippen molar-refractivity contribution in [3.63, 3.8) is 0 Å². The van der Waals surface area contributed by atoms with E-state index in [1.165, 1.54) is 6.07 Å². The molecule has 1 saturated carbocycles. The molecule has 27 heavy (non-hydrogen) atoms. The van der Waals surface area contributed by atoms with Gasteiger partial charge in [-0.25, -0.2) is 8.78 Å². The SMILES string of the molecule is N#CCCC1C(=O)c2ccc(-c3ccc(F)c(F)c3)cc2OC12CCCC2. The van der Waals surface area contributed by atoms with E-state index in [0.29, 0.717) is 35.3 Å². The Morgan fingerprint density at radius 2 is 1.78 bits per heavy atom. The maximum atomic E-state index is 13.6. The first-order valence-corrected chi connectivity index (χ1v) is 9.24. The zero-order valence-electron chi connectivity index (χ0n) is 14.8. The number of ketones is 1. The van der Waals surface area contributed by atoms with Crippen molar-refractivity contribution in [1.82, 2.24) is 0 Å². The zero-order chi connectivity index (χ0) is 19.0. The summed E-state index contributed by atoms with van der Waals surface area (Å²) in [6, 6.07) is 11.0. The zero-order valence-corrected chi connectivity index (χ0v) is 14.8. The van der Waals surface area contributed by atoms with Crippen molar-refractivity contribution >= 4 is 5.78 Å². The molecule has 0 amide bonds. The van der Waals surface area contributed by atoms with Crippen LogP contribution in [-0.2, 0) is 0 Å². The number of fused-ring (bicyclic) bond motifs is 1. The molecule has 2 aliphatic rings. The van der Waals surface area contributed by atoms with Crippen LogP contribution < -0.4 is 4.74 Å². The third kappa shape index (κ3) is 2.99. The number of hydrogen-bond donors (Lipinski definition) is 0. The molecule has 0 bridgehead atoms. The molecule has 0 saturated heterocycles. The third-order valence-electron chi connectivity index (χ3n) is 5.76. The number of halogens is 2. The number of Topliss-reactive ketones (excluding diaryl/α,β-unsaturated/α-hetero) is 1. The second-order valence-electron chi connectivity index (χ2n) is 7.33. The molecule has 2 aromatic carbocycles. The van der Waals surface area contributed by atoms with E-state index < -0.39 is 17.2 Å². The van der Waals surface area contributed by atoms with Crippen LogP contribution in [0.1, 0.15) is 48.9 Å². The molecule has 4 rings (SSSR count). The monoisotopic (exact) mass is 367 g/mol. The molecule has 3 nitrogen and oxygen atoms in total. The van der Waals surface area contributed by atoms with Gasteiger partial charge in [-0.3, -0.25) is 4.79 Å². The molecule has 0 aromatic heterocycles. The molecular weight excluding hydrogens is 348 g/mol. The van der Waals surface area contributed by atoms with E-state index in [2.05, 4.69) is 6.07 Å². The van der Waals surface area contributed by atoms with Crippen LogP contribution in [0, 0.1) is 28.9 Å². The van der Waals surface area contributed by atoms with E-state index in [4.69, 9.17) is 10.00 Å². The van der Waals surface area contributed by atoms with E-state index in [1.807, 2.05) is 0 Å². The number of benzene rings is 2. The summed E-state index contributed by atoms with van der Waals surface area (Å²) >= 11 is 0. The van der Waals surface area contributed by atoms with Gasteiger partial charge in [0.05, 0.1) is 17.6 Å². The summed E-state index contributed by atoms with van der Waals surface area (Å²) in [5, 5.41) is 8.95. The average molecular weight is 367 g/mol. The number of carbonyl (C=O) groups excluding carboxylic acids is 1. The summed E-state index contributed by atoms with van der Waals surface area (Å²) in [4.78, 5) is 13.1. The molecule has 1 spiro atoms. The fourth-order valence-corrected chi connectivity index (χ4v) is 4.41. The summed E-state index contributed by atoms with van der Waals surface area (Å²) in [7, 11) is 0. The van der Waals surface area contributed by atoms with Gasteiger partial charge in [0.1, 0.15) is 11.4 Å². The Hall–Kier alpha value is -2.74. The van der Waals surface area contributed by atoms with E-state index >= 15 is 0 Å². The predicted octanol–water partition coefficient (Wildman–Crippen LogP) is 5.44. The van der Waals surface area contributed by atoms with Gasteiger partial charge < -0.3 is 4.74 Å². The Kier molecular flexibility index (Phi) is 4.43. The largest absolute Gasteiger partial charge is 0.486 e. The average Bonchev–Trinajstić information content (AvgIpc) is 3.12. The Morgan fingerprint density at radius 1 is 1.07 bits per heavy atom. The Morgan fingerprint density at radius 3 is 2.48 bits per heavy atom. The summed E-state index contributed by atoms with van der Waals surface area (Å²) in [5.41, 5.74) is 1.15. The fourth-order valence-electron chi connectivity index (χ4n) is 4.41. The lowest BCUT2D eigenvalue weighted by molar-refractivity contribution is 0.00319. The quantitative estimate of drug-likeness (QED) is 0.726. The molecule has 2 aromatic rings. The van der Waals surface area contributed by atoms with Crippen molar-refractivity contribution in [2.75, 3.05) is 0 Å². The minimum absolute atomic E-state index is 0.0187. The molecule has 5 heteroatoms. The highest BCUT2D eigenvalue weighted by Crippen LogP contribution is 2.48. The molecule has 0 radical (unpaired) electrons. The second kappa shape index (κ2) is 6.77. The first-order chi connectivity index (χ1) is 13.0. The summed E-state index contributed by atoms with van der Waals surface area (Å²) < 4.78 is 33.2. The van der Waals surface area contributed by atoms with Crippen LogP contribution in [-0.4, -0.2) is 11.4 Å². The highest BCUT2D eigenvalue weighted by Gasteiger charge is 2.50. The van der Waals surface area contributed by atoms with Gasteiger partial charge in [0.15, 0.2) is 17.4 Å². The first kappa shape index (κ1) is 17.7. The number of nitrogens with zero attached hydrogens (tertiary/aromatic N) is 1. The Labute approximate surface area is 156 Å². The van der Waals surface area contributed by atoms with Gasteiger partial charge in [-0.2, -0.15) is 5.26 Å². The van der Waals surface area contributed by atoms with Gasteiger partial charge in [0.25, 0.3) is 0 Å². The molecule has 1 atom stereocenters. The van der Waals surface area contributed by atoms with Crippen LogP contribution in [0.3, 0.4) is 0 Å². The summed E-state index contributed by atoms with van der Waals surface area (Å²) in [5.74, 6) is -1.59. The molecule has 138 valence electrons. The van der Waals surface area contributed by atoms with Gasteiger partial charge in [-0.05, 0) is 67.5 Å². The van der Waals surface area contributed by atoms with Crippen molar-refractivity contribution in [3.8, 4) is 22.9 Å².